The summed E-state index contributed by atoms with van der Waals surface area (Å²) in [5.41, 5.74) is 0. The van der Waals surface area contributed by atoms with E-state index in [1.54, 1.807) is 0 Å². The quantitative estimate of drug-likeness (QED) is 0.143. The van der Waals surface area contributed by atoms with E-state index in [9.17, 15) is 0 Å². The third kappa shape index (κ3) is 26.9. The fourth-order valence-electron chi connectivity index (χ4n) is 3.21. The minimum absolute atomic E-state index is 0.345. The topological polar surface area (TPSA) is 40.5 Å². The van der Waals surface area contributed by atoms with Gasteiger partial charge in [-0.1, -0.05) is 100.0 Å². The Balaban J connectivity index is 3.31. The largest absolute Gasteiger partial charge is 0.396 e. The first-order valence-electron chi connectivity index (χ1n) is 12.2. The molecular formula is C27H48O2. The lowest BCUT2D eigenvalue weighted by atomic mass is 10.1. The summed E-state index contributed by atoms with van der Waals surface area (Å²) in [5, 5.41) is 17.4. The number of unbranched alkanes of at least 4 members (excludes halogenated alkanes) is 12. The Morgan fingerprint density at radius 2 is 0.586 bits per heavy atom. The Labute approximate surface area is 181 Å². The lowest BCUT2D eigenvalue weighted by Gasteiger charge is -1.98. The van der Waals surface area contributed by atoms with E-state index in [1.165, 1.54) is 77.0 Å². The van der Waals surface area contributed by atoms with Crippen LogP contribution in [0, 0.1) is 0 Å². The molecule has 0 amide bonds. The molecule has 2 N–H and O–H groups in total. The average molecular weight is 405 g/mol. The fourth-order valence-corrected chi connectivity index (χ4v) is 3.21. The number of hydrogen-bond donors (Lipinski definition) is 2. The molecule has 0 aliphatic rings. The third-order valence-electron chi connectivity index (χ3n) is 5.04. The van der Waals surface area contributed by atoms with E-state index in [0.717, 1.165) is 32.1 Å². The number of aliphatic hydroxyl groups excluding tert-OH is 2. The Morgan fingerprint density at radius 3 is 0.931 bits per heavy atom. The minimum atomic E-state index is 0.345. The smallest absolute Gasteiger partial charge is 0.0431 e. The zero-order valence-electron chi connectivity index (χ0n) is 18.9. The van der Waals surface area contributed by atoms with Crippen LogP contribution in [0.4, 0.5) is 0 Å². The molecular weight excluding hydrogens is 356 g/mol. The van der Waals surface area contributed by atoms with Crippen LogP contribution >= 0.6 is 0 Å². The molecule has 0 fully saturated rings. The van der Waals surface area contributed by atoms with Crippen LogP contribution in [-0.4, -0.2) is 23.4 Å². The van der Waals surface area contributed by atoms with Crippen LogP contribution in [0.5, 0.6) is 0 Å². The predicted molar refractivity (Wildman–Crippen MR) is 129 cm³/mol. The van der Waals surface area contributed by atoms with Crippen molar-refractivity contribution in [1.82, 2.24) is 0 Å². The molecule has 0 aliphatic carbocycles. The highest BCUT2D eigenvalue weighted by molar-refractivity contribution is 4.99. The van der Waals surface area contributed by atoms with Crippen molar-refractivity contribution in [3.05, 3.63) is 48.6 Å². The Hall–Kier alpha value is -1.12. The van der Waals surface area contributed by atoms with Gasteiger partial charge in [-0.3, -0.25) is 0 Å². The summed E-state index contributed by atoms with van der Waals surface area (Å²) in [4.78, 5) is 0. The van der Waals surface area contributed by atoms with Crippen molar-refractivity contribution in [2.24, 2.45) is 0 Å². The lowest BCUT2D eigenvalue weighted by Crippen LogP contribution is -1.83. The third-order valence-corrected chi connectivity index (χ3v) is 5.04. The standard InChI is InChI=1S/C27H48O2/c28-26-24-22-20-18-16-14-12-10-8-6-4-2-1-3-5-7-9-11-13-15-17-19-21-23-25-27-29/h2-5,8-11,28-29H,1,6-7,12-27H2. The summed E-state index contributed by atoms with van der Waals surface area (Å²) in [5.74, 6) is 0. The van der Waals surface area contributed by atoms with Crippen molar-refractivity contribution in [3.8, 4) is 0 Å². The summed E-state index contributed by atoms with van der Waals surface area (Å²) < 4.78 is 0. The van der Waals surface area contributed by atoms with Crippen molar-refractivity contribution in [2.75, 3.05) is 13.2 Å². The van der Waals surface area contributed by atoms with E-state index in [-0.39, 0.29) is 0 Å². The Morgan fingerprint density at radius 1 is 0.310 bits per heavy atom. The molecule has 0 aromatic rings. The average Bonchev–Trinajstić information content (AvgIpc) is 2.74. The molecule has 0 atom stereocenters. The van der Waals surface area contributed by atoms with Gasteiger partial charge in [0, 0.05) is 13.2 Å². The first-order valence-corrected chi connectivity index (χ1v) is 12.2. The maximum atomic E-state index is 8.72. The van der Waals surface area contributed by atoms with Crippen LogP contribution in [0.2, 0.25) is 0 Å². The molecule has 0 bridgehead atoms. The zero-order valence-corrected chi connectivity index (χ0v) is 18.9. The van der Waals surface area contributed by atoms with Crippen LogP contribution in [-0.2, 0) is 0 Å². The minimum Gasteiger partial charge on any atom is -0.396 e. The lowest BCUT2D eigenvalue weighted by molar-refractivity contribution is 0.282. The van der Waals surface area contributed by atoms with Gasteiger partial charge in [0.15, 0.2) is 0 Å². The number of hydrogen-bond acceptors (Lipinski definition) is 2. The number of rotatable bonds is 22. The molecule has 29 heavy (non-hydrogen) atoms. The van der Waals surface area contributed by atoms with E-state index in [2.05, 4.69) is 48.6 Å². The summed E-state index contributed by atoms with van der Waals surface area (Å²) in [6.07, 6.45) is 38.4. The summed E-state index contributed by atoms with van der Waals surface area (Å²) in [6, 6.07) is 0. The van der Waals surface area contributed by atoms with Crippen LogP contribution in [0.1, 0.15) is 109 Å². The van der Waals surface area contributed by atoms with E-state index in [1.807, 2.05) is 0 Å². The molecule has 0 heterocycles. The van der Waals surface area contributed by atoms with Crippen molar-refractivity contribution < 1.29 is 10.2 Å². The molecule has 0 rings (SSSR count). The van der Waals surface area contributed by atoms with Gasteiger partial charge in [-0.05, 0) is 57.8 Å². The van der Waals surface area contributed by atoms with Crippen LogP contribution in [0.15, 0.2) is 48.6 Å². The highest BCUT2D eigenvalue weighted by Crippen LogP contribution is 2.08. The van der Waals surface area contributed by atoms with Gasteiger partial charge in [0.25, 0.3) is 0 Å². The van der Waals surface area contributed by atoms with Gasteiger partial charge in [0.2, 0.25) is 0 Å². The molecule has 2 heteroatoms. The summed E-state index contributed by atoms with van der Waals surface area (Å²) in [6.45, 7) is 0.689. The predicted octanol–water partition coefficient (Wildman–Crippen LogP) is 7.83. The Kier molecular flexibility index (Phi) is 25.8. The molecule has 2 nitrogen and oxygen atoms in total. The molecule has 0 unspecified atom stereocenters. The normalized spacial score (nSPS) is 12.5. The maximum absolute atomic E-state index is 8.72. The molecule has 0 saturated carbocycles. The summed E-state index contributed by atoms with van der Waals surface area (Å²) >= 11 is 0. The SMILES string of the molecule is OCCCCCCCCC=CCC=CCC=CCC=CCCCCCCCCO. The first kappa shape index (κ1) is 27.9. The van der Waals surface area contributed by atoms with Crippen molar-refractivity contribution in [3.63, 3.8) is 0 Å². The van der Waals surface area contributed by atoms with E-state index in [4.69, 9.17) is 10.2 Å². The van der Waals surface area contributed by atoms with Gasteiger partial charge in [-0.2, -0.15) is 0 Å². The van der Waals surface area contributed by atoms with Gasteiger partial charge in [0.05, 0.1) is 0 Å². The molecule has 0 spiro atoms. The van der Waals surface area contributed by atoms with E-state index < -0.39 is 0 Å². The number of aliphatic hydroxyl groups is 2. The monoisotopic (exact) mass is 404 g/mol. The second kappa shape index (κ2) is 26.9. The molecule has 0 aliphatic heterocycles. The second-order valence-electron chi connectivity index (χ2n) is 7.86. The van der Waals surface area contributed by atoms with Gasteiger partial charge >= 0.3 is 0 Å². The molecule has 0 radical (unpaired) electrons. The highest BCUT2D eigenvalue weighted by atomic mass is 16.3. The molecule has 0 aromatic heterocycles. The molecule has 0 saturated heterocycles. The van der Waals surface area contributed by atoms with E-state index in [0.29, 0.717) is 13.2 Å². The first-order chi connectivity index (χ1) is 14.4. The van der Waals surface area contributed by atoms with Crippen LogP contribution < -0.4 is 0 Å². The zero-order chi connectivity index (χ0) is 21.1. The maximum Gasteiger partial charge on any atom is 0.0431 e. The van der Waals surface area contributed by atoms with Gasteiger partial charge < -0.3 is 10.2 Å². The fraction of sp³-hybridized carbons (Fsp3) is 0.704. The van der Waals surface area contributed by atoms with Crippen LogP contribution in [0.3, 0.4) is 0 Å². The molecule has 168 valence electrons. The van der Waals surface area contributed by atoms with Gasteiger partial charge in [-0.15, -0.1) is 0 Å². The number of allylic oxidation sites excluding steroid dienone is 8. The van der Waals surface area contributed by atoms with Gasteiger partial charge in [-0.25, -0.2) is 0 Å². The van der Waals surface area contributed by atoms with Crippen molar-refractivity contribution in [1.29, 1.82) is 0 Å². The Bertz CT molecular complexity index is 369. The van der Waals surface area contributed by atoms with Crippen LogP contribution in [0.25, 0.3) is 0 Å². The van der Waals surface area contributed by atoms with Crippen molar-refractivity contribution in [2.45, 2.75) is 109 Å². The summed E-state index contributed by atoms with van der Waals surface area (Å²) in [7, 11) is 0. The van der Waals surface area contributed by atoms with E-state index >= 15 is 0 Å². The second-order valence-corrected chi connectivity index (χ2v) is 7.86. The highest BCUT2D eigenvalue weighted by Gasteiger charge is 1.90. The van der Waals surface area contributed by atoms with Crippen molar-refractivity contribution >= 4 is 0 Å². The molecule has 0 aromatic carbocycles. The van der Waals surface area contributed by atoms with Gasteiger partial charge in [0.1, 0.15) is 0 Å².